The van der Waals surface area contributed by atoms with Gasteiger partial charge in [0.1, 0.15) is 0 Å². The van der Waals surface area contributed by atoms with Crippen LogP contribution in [-0.2, 0) is 14.8 Å². The lowest BCUT2D eigenvalue weighted by Crippen LogP contribution is -2.31. The SMILES string of the molecule is Cc1ccc(C)c([C@@H](C)NC(=O)CCCN2c3cccc4cccc(c34)S2(=O)=O)c1. The quantitative estimate of drug-likeness (QED) is 0.630. The van der Waals surface area contributed by atoms with Gasteiger partial charge in [0.25, 0.3) is 10.0 Å². The predicted octanol–water partition coefficient (Wildman–Crippen LogP) is 4.62. The second-order valence-electron chi connectivity index (χ2n) is 7.96. The van der Waals surface area contributed by atoms with Crippen LogP contribution in [0.3, 0.4) is 0 Å². The second kappa shape index (κ2) is 7.76. The summed E-state index contributed by atoms with van der Waals surface area (Å²) in [7, 11) is -3.57. The zero-order valence-corrected chi connectivity index (χ0v) is 18.3. The van der Waals surface area contributed by atoms with E-state index in [1.165, 1.54) is 4.31 Å². The first-order chi connectivity index (χ1) is 14.3. The molecule has 3 aromatic carbocycles. The number of amides is 1. The molecule has 0 radical (unpaired) electrons. The maximum atomic E-state index is 13.0. The van der Waals surface area contributed by atoms with Crippen LogP contribution in [-0.4, -0.2) is 20.9 Å². The molecule has 0 bridgehead atoms. The molecule has 1 N–H and O–H groups in total. The van der Waals surface area contributed by atoms with Gasteiger partial charge in [-0.1, -0.05) is 48.0 Å². The van der Waals surface area contributed by atoms with Crippen molar-refractivity contribution in [3.63, 3.8) is 0 Å². The molecule has 0 aromatic heterocycles. The smallest absolute Gasteiger partial charge is 0.265 e. The van der Waals surface area contributed by atoms with Crippen molar-refractivity contribution in [1.82, 2.24) is 5.32 Å². The van der Waals surface area contributed by atoms with Gasteiger partial charge in [-0.15, -0.1) is 0 Å². The number of carbonyl (C=O) groups is 1. The fraction of sp³-hybridized carbons (Fsp3) is 0.292. The van der Waals surface area contributed by atoms with Crippen LogP contribution in [0.25, 0.3) is 10.8 Å². The van der Waals surface area contributed by atoms with Crippen LogP contribution in [0.15, 0.2) is 59.5 Å². The van der Waals surface area contributed by atoms with Crippen molar-refractivity contribution in [2.45, 2.75) is 44.6 Å². The third kappa shape index (κ3) is 3.56. The molecule has 5 nitrogen and oxygen atoms in total. The lowest BCUT2D eigenvalue weighted by molar-refractivity contribution is -0.121. The Morgan fingerprint density at radius 1 is 1.07 bits per heavy atom. The molecular formula is C24H26N2O3S. The van der Waals surface area contributed by atoms with E-state index < -0.39 is 10.0 Å². The van der Waals surface area contributed by atoms with Crippen molar-refractivity contribution in [1.29, 1.82) is 0 Å². The van der Waals surface area contributed by atoms with Crippen LogP contribution >= 0.6 is 0 Å². The van der Waals surface area contributed by atoms with Gasteiger partial charge >= 0.3 is 0 Å². The van der Waals surface area contributed by atoms with E-state index in [1.54, 1.807) is 12.1 Å². The number of hydrogen-bond donors (Lipinski definition) is 1. The second-order valence-corrected chi connectivity index (χ2v) is 9.79. The van der Waals surface area contributed by atoms with E-state index in [1.807, 2.05) is 45.0 Å². The highest BCUT2D eigenvalue weighted by atomic mass is 32.2. The third-order valence-electron chi connectivity index (χ3n) is 5.72. The molecule has 3 aromatic rings. The summed E-state index contributed by atoms with van der Waals surface area (Å²) >= 11 is 0. The van der Waals surface area contributed by atoms with Gasteiger partial charge in [0.05, 0.1) is 16.6 Å². The normalized spacial score (nSPS) is 15.4. The Bertz CT molecular complexity index is 1230. The number of benzene rings is 3. The molecule has 1 amide bonds. The van der Waals surface area contributed by atoms with Gasteiger partial charge in [-0.2, -0.15) is 0 Å². The predicted molar refractivity (Wildman–Crippen MR) is 120 cm³/mol. The Labute approximate surface area is 177 Å². The first-order valence-corrected chi connectivity index (χ1v) is 11.6. The summed E-state index contributed by atoms with van der Waals surface area (Å²) in [4.78, 5) is 12.8. The zero-order chi connectivity index (χ0) is 21.5. The fourth-order valence-corrected chi connectivity index (χ4v) is 5.95. The van der Waals surface area contributed by atoms with E-state index in [4.69, 9.17) is 0 Å². The third-order valence-corrected chi connectivity index (χ3v) is 7.58. The van der Waals surface area contributed by atoms with Gasteiger partial charge in [-0.25, -0.2) is 8.42 Å². The molecule has 4 rings (SSSR count). The Kier molecular flexibility index (Phi) is 5.28. The summed E-state index contributed by atoms with van der Waals surface area (Å²) in [5, 5.41) is 4.72. The summed E-state index contributed by atoms with van der Waals surface area (Å²) < 4.78 is 27.4. The van der Waals surface area contributed by atoms with Gasteiger partial charge in [-0.3, -0.25) is 9.10 Å². The van der Waals surface area contributed by atoms with E-state index in [0.717, 1.165) is 27.5 Å². The van der Waals surface area contributed by atoms with Crippen molar-refractivity contribution in [2.24, 2.45) is 0 Å². The molecule has 0 aliphatic carbocycles. The Morgan fingerprint density at radius 2 is 1.80 bits per heavy atom. The molecule has 156 valence electrons. The summed E-state index contributed by atoms with van der Waals surface area (Å²) in [5.74, 6) is -0.0734. The van der Waals surface area contributed by atoms with Crippen molar-refractivity contribution < 1.29 is 13.2 Å². The van der Waals surface area contributed by atoms with Crippen LogP contribution in [0.1, 0.15) is 42.5 Å². The van der Waals surface area contributed by atoms with Crippen LogP contribution < -0.4 is 9.62 Å². The number of carbonyl (C=O) groups excluding carboxylic acids is 1. The van der Waals surface area contributed by atoms with E-state index in [-0.39, 0.29) is 24.9 Å². The van der Waals surface area contributed by atoms with Gasteiger partial charge < -0.3 is 5.32 Å². The zero-order valence-electron chi connectivity index (χ0n) is 17.5. The Hall–Kier alpha value is -2.86. The van der Waals surface area contributed by atoms with Crippen LogP contribution in [0.5, 0.6) is 0 Å². The number of anilines is 1. The summed E-state index contributed by atoms with van der Waals surface area (Å²) in [6.07, 6.45) is 0.725. The van der Waals surface area contributed by atoms with Crippen LogP contribution in [0, 0.1) is 13.8 Å². The highest BCUT2D eigenvalue weighted by Gasteiger charge is 2.35. The highest BCUT2D eigenvalue weighted by molar-refractivity contribution is 7.93. The van der Waals surface area contributed by atoms with E-state index >= 15 is 0 Å². The highest BCUT2D eigenvalue weighted by Crippen LogP contribution is 2.41. The molecule has 0 fully saturated rings. The lowest BCUT2D eigenvalue weighted by Gasteiger charge is -2.20. The topological polar surface area (TPSA) is 66.5 Å². The van der Waals surface area contributed by atoms with E-state index in [9.17, 15) is 13.2 Å². The molecule has 0 saturated heterocycles. The van der Waals surface area contributed by atoms with Gasteiger partial charge in [0, 0.05) is 18.4 Å². The van der Waals surface area contributed by atoms with Crippen LogP contribution in [0.4, 0.5) is 5.69 Å². The van der Waals surface area contributed by atoms with Crippen molar-refractivity contribution in [3.05, 3.63) is 71.3 Å². The molecule has 6 heteroatoms. The number of sulfonamides is 1. The monoisotopic (exact) mass is 422 g/mol. The molecule has 0 saturated carbocycles. The maximum Gasteiger partial charge on any atom is 0.265 e. The first kappa shape index (κ1) is 20.4. The minimum Gasteiger partial charge on any atom is -0.350 e. The number of nitrogens with one attached hydrogen (secondary N) is 1. The molecule has 30 heavy (non-hydrogen) atoms. The van der Waals surface area contributed by atoms with Gasteiger partial charge in [0.2, 0.25) is 5.91 Å². The lowest BCUT2D eigenvalue weighted by atomic mass is 10.00. The molecule has 0 unspecified atom stereocenters. The molecule has 1 heterocycles. The number of nitrogens with zero attached hydrogens (tertiary/aromatic N) is 1. The molecule has 1 atom stereocenters. The minimum atomic E-state index is -3.57. The number of rotatable bonds is 6. The van der Waals surface area contributed by atoms with Crippen molar-refractivity contribution >= 4 is 32.4 Å². The average Bonchev–Trinajstić information content (AvgIpc) is 2.93. The van der Waals surface area contributed by atoms with E-state index in [0.29, 0.717) is 17.0 Å². The Morgan fingerprint density at radius 3 is 2.57 bits per heavy atom. The first-order valence-electron chi connectivity index (χ1n) is 10.2. The number of aryl methyl sites for hydroxylation is 2. The number of hydrogen-bond acceptors (Lipinski definition) is 3. The summed E-state index contributed by atoms with van der Waals surface area (Å²) in [5.41, 5.74) is 4.10. The van der Waals surface area contributed by atoms with E-state index in [2.05, 4.69) is 23.5 Å². The van der Waals surface area contributed by atoms with Gasteiger partial charge in [0.15, 0.2) is 0 Å². The molecule has 1 aliphatic rings. The van der Waals surface area contributed by atoms with Gasteiger partial charge in [-0.05, 0) is 55.8 Å². The minimum absolute atomic E-state index is 0.0734. The molecule has 0 spiro atoms. The van der Waals surface area contributed by atoms with Crippen molar-refractivity contribution in [2.75, 3.05) is 10.8 Å². The standard InChI is InChI=1S/C24H26N2O3S/c1-16-12-13-17(2)20(15-16)18(3)25-23(27)11-6-14-26-21-9-4-7-19-8-5-10-22(24(19)21)30(26,28)29/h4-5,7-10,12-13,15,18H,6,11,14H2,1-3H3,(H,25,27)/t18-/m1/s1. The fourth-order valence-electron chi connectivity index (χ4n) is 4.20. The molecular weight excluding hydrogens is 396 g/mol. The van der Waals surface area contributed by atoms with Crippen LogP contribution in [0.2, 0.25) is 0 Å². The maximum absolute atomic E-state index is 13.0. The average molecular weight is 423 g/mol. The summed E-state index contributed by atoms with van der Waals surface area (Å²) in [6, 6.07) is 17.1. The molecule has 1 aliphatic heterocycles. The summed E-state index contributed by atoms with van der Waals surface area (Å²) in [6.45, 7) is 6.32. The Balaban J connectivity index is 1.42. The van der Waals surface area contributed by atoms with Crippen molar-refractivity contribution in [3.8, 4) is 0 Å². The largest absolute Gasteiger partial charge is 0.350 e.